The minimum atomic E-state index is -2.03. The van der Waals surface area contributed by atoms with Crippen molar-refractivity contribution in [2.24, 2.45) is 29.4 Å². The van der Waals surface area contributed by atoms with Crippen molar-refractivity contribution in [3.63, 3.8) is 0 Å². The molecule has 0 radical (unpaired) electrons. The van der Waals surface area contributed by atoms with Crippen molar-refractivity contribution in [3.05, 3.63) is 53.3 Å². The van der Waals surface area contributed by atoms with E-state index in [1.807, 2.05) is 0 Å². The molecule has 3 heterocycles. The van der Waals surface area contributed by atoms with Gasteiger partial charge in [0.05, 0.1) is 41.2 Å². The normalized spacial score (nSPS) is 31.5. The van der Waals surface area contributed by atoms with Crippen molar-refractivity contribution in [2.75, 3.05) is 19.0 Å². The lowest BCUT2D eigenvalue weighted by molar-refractivity contribution is -0.160. The Morgan fingerprint density at radius 3 is 2.26 bits per heavy atom. The van der Waals surface area contributed by atoms with E-state index < -0.39 is 95.5 Å². The molecule has 15 heteroatoms. The first kappa shape index (κ1) is 41.6. The smallest absolute Gasteiger partial charge is 0.312 e. The van der Waals surface area contributed by atoms with E-state index in [1.165, 1.54) is 59.3 Å². The van der Waals surface area contributed by atoms with Crippen molar-refractivity contribution in [3.8, 4) is 23.0 Å². The molecule has 0 saturated heterocycles. The summed E-state index contributed by atoms with van der Waals surface area (Å²) in [5, 5.41) is 47.7. The molecule has 15 nitrogen and oxygen atoms in total. The number of phenolic OH excluding ortho intramolecular Hbond substituents is 2. The molecule has 9 atom stereocenters. The Kier molecular flexibility index (Phi) is 12.7. The standard InChI is InChI=1S/C39H50N2O13/c1-17-11-10-12-18(2)38(49)41-24-15-26(51-16-27(40)43)28-29(34(24)47)33(46)22(6)36-30(28)37(48)39(8,54-36)52-14-13-25(50-9)19(3)35(53-23(7)42)21(5)32(45)20(4)31(17)44/h10-15,17,19-21,25,31-32,35,44-47H,16H2,1-9H3,(H2,40,43)(H,41,49)/b11-10+,14-13+,18-12-/t17-,19+,20+,21+,25-,31-,32+,35+,39-/m0/s1. The lowest BCUT2D eigenvalue weighted by Crippen LogP contribution is -2.46. The van der Waals surface area contributed by atoms with Gasteiger partial charge in [-0.1, -0.05) is 45.9 Å². The molecule has 54 heavy (non-hydrogen) atoms. The van der Waals surface area contributed by atoms with Crippen LogP contribution < -0.4 is 20.5 Å². The molecular formula is C39H50N2O13. The van der Waals surface area contributed by atoms with Crippen LogP contribution in [0, 0.1) is 30.6 Å². The number of Topliss-reactive ketones (excluding diaryl/α,β-unsaturated/α-hetero) is 1. The van der Waals surface area contributed by atoms with E-state index in [1.54, 1.807) is 39.8 Å². The number of esters is 1. The number of nitrogens with two attached hydrogens (primary N) is 1. The zero-order valence-electron chi connectivity index (χ0n) is 31.8. The van der Waals surface area contributed by atoms with Crippen LogP contribution in [-0.2, 0) is 28.6 Å². The van der Waals surface area contributed by atoms with Crippen molar-refractivity contribution in [1.82, 2.24) is 0 Å². The minimum absolute atomic E-state index is 0.0548. The van der Waals surface area contributed by atoms with E-state index >= 15 is 0 Å². The summed E-state index contributed by atoms with van der Waals surface area (Å²) in [7, 11) is 1.42. The highest BCUT2D eigenvalue weighted by Gasteiger charge is 2.49. The van der Waals surface area contributed by atoms with Gasteiger partial charge in [0.2, 0.25) is 0 Å². The minimum Gasteiger partial charge on any atom is -0.507 e. The van der Waals surface area contributed by atoms with Crippen molar-refractivity contribution in [2.45, 2.75) is 85.6 Å². The molecule has 5 bridgehead atoms. The van der Waals surface area contributed by atoms with Crippen molar-refractivity contribution < 1.29 is 63.3 Å². The second-order valence-electron chi connectivity index (χ2n) is 14.2. The third-order valence-electron chi connectivity index (χ3n) is 10.2. The first-order valence-electron chi connectivity index (χ1n) is 17.5. The number of fused-ring (bicyclic) bond motifs is 14. The molecule has 3 aliphatic heterocycles. The van der Waals surface area contributed by atoms with Gasteiger partial charge in [-0.3, -0.25) is 19.2 Å². The number of methoxy groups -OCH3 is 1. The maximum atomic E-state index is 14.2. The van der Waals surface area contributed by atoms with E-state index in [0.717, 1.165) is 0 Å². The number of benzene rings is 2. The second kappa shape index (κ2) is 16.5. The van der Waals surface area contributed by atoms with Gasteiger partial charge in [0.15, 0.2) is 12.4 Å². The summed E-state index contributed by atoms with van der Waals surface area (Å²) >= 11 is 0. The van der Waals surface area contributed by atoms with Gasteiger partial charge in [0, 0.05) is 67.2 Å². The summed E-state index contributed by atoms with van der Waals surface area (Å²) in [5.41, 5.74) is 5.23. The Labute approximate surface area is 313 Å². The lowest BCUT2D eigenvalue weighted by atomic mass is 9.78. The number of phenols is 2. The zero-order chi connectivity index (χ0) is 40.4. The fraction of sp³-hybridized carbons (Fsp3) is 0.487. The molecule has 0 aliphatic carbocycles. The molecule has 294 valence electrons. The Morgan fingerprint density at radius 1 is 0.981 bits per heavy atom. The first-order valence-corrected chi connectivity index (χ1v) is 17.5. The number of allylic oxidation sites excluding steroid dienone is 2. The molecule has 2 aromatic rings. The molecule has 0 spiro atoms. The highest BCUT2D eigenvalue weighted by atomic mass is 16.7. The summed E-state index contributed by atoms with van der Waals surface area (Å²) in [6, 6.07) is 1.19. The SMILES string of the molecule is CO[C@H]1/C=C/O[C@@]2(C)Oc3c(C)c(O)c4c(O)c(cc(OCC(N)=O)c4c3C2=O)NC(=O)/C(C)=C\C=C\[C@H](C)[C@H](O)[C@@H](C)[C@@H](O)[C@@H](C)[C@H](OC(C)=O)[C@@H]1C. The molecule has 2 amide bonds. The Hall–Kier alpha value is -5.12. The second-order valence-corrected chi connectivity index (χ2v) is 14.2. The number of amides is 2. The first-order chi connectivity index (χ1) is 25.2. The molecule has 3 aliphatic rings. The van der Waals surface area contributed by atoms with E-state index in [-0.39, 0.29) is 44.7 Å². The van der Waals surface area contributed by atoms with Gasteiger partial charge in [0.1, 0.15) is 23.4 Å². The highest BCUT2D eigenvalue weighted by Crippen LogP contribution is 2.54. The topological polar surface area (TPSA) is 233 Å². The average Bonchev–Trinajstić information content (AvgIpc) is 3.38. The number of aromatic hydroxyl groups is 2. The van der Waals surface area contributed by atoms with Crippen molar-refractivity contribution in [1.29, 1.82) is 0 Å². The highest BCUT2D eigenvalue weighted by molar-refractivity contribution is 6.21. The number of carbonyl (C=O) groups excluding carboxylic acids is 4. The van der Waals surface area contributed by atoms with Crippen LogP contribution in [0.1, 0.15) is 64.4 Å². The predicted octanol–water partition coefficient (Wildman–Crippen LogP) is 3.91. The summed E-state index contributed by atoms with van der Waals surface area (Å²) in [5.74, 6) is -8.75. The van der Waals surface area contributed by atoms with Crippen LogP contribution in [-0.4, -0.2) is 87.9 Å². The lowest BCUT2D eigenvalue weighted by Gasteiger charge is -2.38. The van der Waals surface area contributed by atoms with Crippen LogP contribution in [0.15, 0.2) is 42.2 Å². The zero-order valence-corrected chi connectivity index (χ0v) is 31.8. The summed E-state index contributed by atoms with van der Waals surface area (Å²) < 4.78 is 29.1. The van der Waals surface area contributed by atoms with Crippen molar-refractivity contribution >= 4 is 40.0 Å². The quantitative estimate of drug-likeness (QED) is 0.188. The Bertz CT molecular complexity index is 1900. The largest absolute Gasteiger partial charge is 0.507 e. The molecule has 0 aromatic heterocycles. The van der Waals surface area contributed by atoms with Gasteiger partial charge in [-0.15, -0.1) is 0 Å². The number of aliphatic hydroxyl groups is 2. The number of hydrogen-bond donors (Lipinski definition) is 6. The number of aliphatic hydroxyl groups excluding tert-OH is 2. The molecule has 0 unspecified atom stereocenters. The van der Waals surface area contributed by atoms with E-state index in [0.29, 0.717) is 0 Å². The molecular weight excluding hydrogens is 704 g/mol. The average molecular weight is 755 g/mol. The van der Waals surface area contributed by atoms with Gasteiger partial charge in [-0.05, 0) is 19.9 Å². The number of nitrogens with one attached hydrogen (secondary N) is 1. The van der Waals surface area contributed by atoms with Crippen LogP contribution in [0.5, 0.6) is 23.0 Å². The Balaban J connectivity index is 1.93. The Morgan fingerprint density at radius 2 is 1.65 bits per heavy atom. The van der Waals surface area contributed by atoms with Crippen LogP contribution in [0.4, 0.5) is 5.69 Å². The van der Waals surface area contributed by atoms with Gasteiger partial charge in [-0.25, -0.2) is 0 Å². The maximum absolute atomic E-state index is 14.2. The number of ketones is 1. The van der Waals surface area contributed by atoms with E-state index in [4.69, 9.17) is 29.4 Å². The number of hydrogen-bond acceptors (Lipinski definition) is 13. The number of primary amides is 1. The monoisotopic (exact) mass is 754 g/mol. The molecule has 0 fully saturated rings. The van der Waals surface area contributed by atoms with Crippen LogP contribution in [0.25, 0.3) is 10.8 Å². The fourth-order valence-electron chi connectivity index (χ4n) is 6.90. The van der Waals surface area contributed by atoms with Crippen LogP contribution in [0.3, 0.4) is 0 Å². The summed E-state index contributed by atoms with van der Waals surface area (Å²) in [6.07, 6.45) is 3.48. The van der Waals surface area contributed by atoms with Gasteiger partial charge < -0.3 is 55.2 Å². The van der Waals surface area contributed by atoms with Gasteiger partial charge >= 0.3 is 11.8 Å². The molecule has 5 rings (SSSR count). The number of ether oxygens (including phenoxy) is 5. The number of anilines is 1. The number of rotatable bonds is 5. The van der Waals surface area contributed by atoms with Crippen LogP contribution in [0.2, 0.25) is 0 Å². The molecule has 7 N–H and O–H groups in total. The van der Waals surface area contributed by atoms with E-state index in [2.05, 4.69) is 5.32 Å². The van der Waals surface area contributed by atoms with Gasteiger partial charge in [0.25, 0.3) is 17.6 Å². The predicted molar refractivity (Wildman–Crippen MR) is 197 cm³/mol. The third kappa shape index (κ3) is 8.17. The van der Waals surface area contributed by atoms with E-state index in [9.17, 15) is 39.6 Å². The molecule has 2 aromatic carbocycles. The summed E-state index contributed by atoms with van der Waals surface area (Å²) in [4.78, 5) is 51.6. The summed E-state index contributed by atoms with van der Waals surface area (Å²) in [6.45, 7) is 11.8. The number of carbonyl (C=O) groups is 4. The van der Waals surface area contributed by atoms with Gasteiger partial charge in [-0.2, -0.15) is 0 Å². The fourth-order valence-corrected chi connectivity index (χ4v) is 6.90. The maximum Gasteiger partial charge on any atom is 0.312 e. The third-order valence-corrected chi connectivity index (χ3v) is 10.2. The van der Waals surface area contributed by atoms with Crippen LogP contribution >= 0.6 is 0 Å². The molecule has 0 saturated carbocycles.